The lowest BCUT2D eigenvalue weighted by Gasteiger charge is -2.17. The van der Waals surface area contributed by atoms with Crippen molar-refractivity contribution in [3.05, 3.63) is 87.1 Å². The van der Waals surface area contributed by atoms with Crippen LogP contribution in [0.3, 0.4) is 0 Å². The van der Waals surface area contributed by atoms with E-state index in [-0.39, 0.29) is 5.56 Å². The van der Waals surface area contributed by atoms with Crippen LogP contribution in [0.25, 0.3) is 22.4 Å². The summed E-state index contributed by atoms with van der Waals surface area (Å²) in [5.74, 6) is 0.661. The predicted molar refractivity (Wildman–Crippen MR) is 156 cm³/mol. The normalized spacial score (nSPS) is 15.3. The van der Waals surface area contributed by atoms with Gasteiger partial charge in [-0.05, 0) is 49.1 Å². The molecule has 0 saturated carbocycles. The summed E-state index contributed by atoms with van der Waals surface area (Å²) in [7, 11) is 3.11. The standard InChI is InChI=1S/C30H31ClN6O3/c1-18-12-14-37(16-18)17-26-29(40-4)35-25(15-32-26)22-9-5-8-21(27(22)31)20-7-6-10-24(19(20)2)34-28(38)23-11-13-33-36(3)30(23)39/h5-11,13,15,18H,12,14,16-17H2,1-4H3,(H,34,38)/t18-/m0/s1. The van der Waals surface area contributed by atoms with Crippen LogP contribution < -0.4 is 15.6 Å². The molecule has 10 heteroatoms. The summed E-state index contributed by atoms with van der Waals surface area (Å²) in [5, 5.41) is 7.24. The van der Waals surface area contributed by atoms with Crippen LogP contribution in [0.2, 0.25) is 5.02 Å². The van der Waals surface area contributed by atoms with Crippen molar-refractivity contribution in [2.75, 3.05) is 25.5 Å². The third-order valence-corrected chi connectivity index (χ3v) is 7.69. The molecule has 5 rings (SSSR count). The number of amides is 1. The number of aromatic nitrogens is 4. The van der Waals surface area contributed by atoms with Crippen LogP contribution >= 0.6 is 11.6 Å². The number of nitrogens with one attached hydrogen (secondary N) is 1. The Balaban J connectivity index is 1.45. The van der Waals surface area contributed by atoms with Gasteiger partial charge in [0.15, 0.2) is 0 Å². The molecule has 0 bridgehead atoms. The van der Waals surface area contributed by atoms with E-state index in [0.717, 1.165) is 45.7 Å². The Morgan fingerprint density at radius 2 is 1.90 bits per heavy atom. The molecule has 206 valence electrons. The molecule has 1 amide bonds. The Bertz CT molecular complexity index is 1640. The number of hydrogen-bond acceptors (Lipinski definition) is 7. The molecule has 0 unspecified atom stereocenters. The van der Waals surface area contributed by atoms with Crippen LogP contribution in [0, 0.1) is 12.8 Å². The molecular formula is C30H31ClN6O3. The average Bonchev–Trinajstić information content (AvgIpc) is 3.36. The lowest BCUT2D eigenvalue weighted by atomic mass is 9.96. The van der Waals surface area contributed by atoms with Crippen molar-refractivity contribution >= 4 is 23.2 Å². The summed E-state index contributed by atoms with van der Waals surface area (Å²) >= 11 is 6.98. The SMILES string of the molecule is COc1nc(-c2cccc(-c3cccc(NC(=O)c4ccnn(C)c4=O)c3C)c2Cl)cnc1CN1CC[C@H](C)C1. The van der Waals surface area contributed by atoms with Crippen molar-refractivity contribution < 1.29 is 9.53 Å². The molecule has 1 N–H and O–H groups in total. The van der Waals surface area contributed by atoms with E-state index >= 15 is 0 Å². The van der Waals surface area contributed by atoms with Gasteiger partial charge in [0.05, 0.1) is 24.0 Å². The second-order valence-electron chi connectivity index (χ2n) is 10.1. The molecule has 1 aliphatic heterocycles. The van der Waals surface area contributed by atoms with E-state index in [9.17, 15) is 9.59 Å². The number of carbonyl (C=O) groups is 1. The first-order chi connectivity index (χ1) is 19.3. The van der Waals surface area contributed by atoms with Gasteiger partial charge in [0.1, 0.15) is 11.3 Å². The largest absolute Gasteiger partial charge is 0.480 e. The van der Waals surface area contributed by atoms with Gasteiger partial charge >= 0.3 is 0 Å². The molecule has 9 nitrogen and oxygen atoms in total. The number of hydrogen-bond donors (Lipinski definition) is 1. The lowest BCUT2D eigenvalue weighted by Crippen LogP contribution is -2.28. The van der Waals surface area contributed by atoms with Gasteiger partial charge in [0, 0.05) is 43.1 Å². The average molecular weight is 559 g/mol. The van der Waals surface area contributed by atoms with Crippen LogP contribution in [0.4, 0.5) is 5.69 Å². The first-order valence-corrected chi connectivity index (χ1v) is 13.5. The Kier molecular flexibility index (Phi) is 7.95. The molecule has 1 fully saturated rings. The van der Waals surface area contributed by atoms with Crippen molar-refractivity contribution in [3.63, 3.8) is 0 Å². The summed E-state index contributed by atoms with van der Waals surface area (Å²) in [6.07, 6.45) is 4.34. The highest BCUT2D eigenvalue weighted by Crippen LogP contribution is 2.39. The molecule has 3 heterocycles. The van der Waals surface area contributed by atoms with E-state index in [1.807, 2.05) is 37.3 Å². The van der Waals surface area contributed by atoms with Gasteiger partial charge in [0.2, 0.25) is 5.88 Å². The predicted octanol–water partition coefficient (Wildman–Crippen LogP) is 4.97. The van der Waals surface area contributed by atoms with E-state index in [0.29, 0.717) is 34.7 Å². The molecule has 0 spiro atoms. The monoisotopic (exact) mass is 558 g/mol. The molecular weight excluding hydrogens is 528 g/mol. The second-order valence-corrected chi connectivity index (χ2v) is 10.5. The maximum atomic E-state index is 12.9. The highest BCUT2D eigenvalue weighted by atomic mass is 35.5. The molecule has 2 aromatic heterocycles. The van der Waals surface area contributed by atoms with Gasteiger partial charge in [-0.1, -0.05) is 48.9 Å². The van der Waals surface area contributed by atoms with Crippen LogP contribution in [0.1, 0.15) is 35.0 Å². The van der Waals surface area contributed by atoms with Crippen LogP contribution in [0.5, 0.6) is 5.88 Å². The number of halogens is 1. The number of likely N-dealkylation sites (tertiary alicyclic amines) is 1. The molecule has 0 radical (unpaired) electrons. The number of benzene rings is 2. The van der Waals surface area contributed by atoms with Gasteiger partial charge < -0.3 is 10.1 Å². The number of nitrogens with zero attached hydrogens (tertiary/aromatic N) is 5. The van der Waals surface area contributed by atoms with Gasteiger partial charge in [0.25, 0.3) is 11.5 Å². The molecule has 1 aliphatic rings. The summed E-state index contributed by atoms with van der Waals surface area (Å²) in [6.45, 7) is 6.93. The highest BCUT2D eigenvalue weighted by molar-refractivity contribution is 6.36. The van der Waals surface area contributed by atoms with Crippen molar-refractivity contribution in [2.45, 2.75) is 26.8 Å². The number of ether oxygens (including phenoxy) is 1. The minimum atomic E-state index is -0.506. The Morgan fingerprint density at radius 1 is 1.15 bits per heavy atom. The van der Waals surface area contributed by atoms with Crippen molar-refractivity contribution in [1.82, 2.24) is 24.6 Å². The Labute approximate surface area is 237 Å². The second kappa shape index (κ2) is 11.6. The van der Waals surface area contributed by atoms with E-state index < -0.39 is 11.5 Å². The zero-order chi connectivity index (χ0) is 28.4. The van der Waals surface area contributed by atoms with Crippen molar-refractivity contribution in [1.29, 1.82) is 0 Å². The summed E-state index contributed by atoms with van der Waals surface area (Å²) in [4.78, 5) is 37.1. The Morgan fingerprint density at radius 3 is 2.65 bits per heavy atom. The van der Waals surface area contributed by atoms with E-state index in [4.69, 9.17) is 26.3 Å². The summed E-state index contributed by atoms with van der Waals surface area (Å²) in [6, 6.07) is 12.7. The zero-order valence-electron chi connectivity index (χ0n) is 22.9. The molecule has 2 aromatic carbocycles. The van der Waals surface area contributed by atoms with Crippen molar-refractivity contribution in [2.24, 2.45) is 13.0 Å². The Hall–Kier alpha value is -4.08. The van der Waals surface area contributed by atoms with Crippen LogP contribution in [0.15, 0.2) is 59.7 Å². The van der Waals surface area contributed by atoms with Gasteiger partial charge in [-0.3, -0.25) is 19.5 Å². The topological polar surface area (TPSA) is 102 Å². The van der Waals surface area contributed by atoms with Gasteiger partial charge in [-0.25, -0.2) is 9.67 Å². The third-order valence-electron chi connectivity index (χ3n) is 7.28. The fourth-order valence-corrected chi connectivity index (χ4v) is 5.37. The molecule has 4 aromatic rings. The molecule has 1 atom stereocenters. The fraction of sp³-hybridized carbons (Fsp3) is 0.300. The number of anilines is 1. The zero-order valence-corrected chi connectivity index (χ0v) is 23.7. The van der Waals surface area contributed by atoms with Crippen LogP contribution in [-0.2, 0) is 13.6 Å². The van der Waals surface area contributed by atoms with Gasteiger partial charge in [-0.2, -0.15) is 5.10 Å². The summed E-state index contributed by atoms with van der Waals surface area (Å²) < 4.78 is 6.74. The first kappa shape index (κ1) is 27.5. The molecule has 0 aliphatic carbocycles. The van der Waals surface area contributed by atoms with Crippen molar-refractivity contribution in [3.8, 4) is 28.3 Å². The minimum Gasteiger partial charge on any atom is -0.480 e. The smallest absolute Gasteiger partial charge is 0.279 e. The van der Waals surface area contributed by atoms with E-state index in [1.165, 1.54) is 25.7 Å². The molecule has 1 saturated heterocycles. The summed E-state index contributed by atoms with van der Waals surface area (Å²) in [5.41, 5.74) is 4.67. The van der Waals surface area contributed by atoms with E-state index in [1.54, 1.807) is 19.4 Å². The third kappa shape index (κ3) is 5.48. The van der Waals surface area contributed by atoms with Gasteiger partial charge in [-0.15, -0.1) is 0 Å². The minimum absolute atomic E-state index is 0.0116. The number of rotatable bonds is 7. The lowest BCUT2D eigenvalue weighted by molar-refractivity contribution is 0.102. The maximum absolute atomic E-state index is 12.9. The highest BCUT2D eigenvalue weighted by Gasteiger charge is 2.22. The quantitative estimate of drug-likeness (QED) is 0.342. The number of carbonyl (C=O) groups excluding carboxylic acids is 1. The van der Waals surface area contributed by atoms with E-state index in [2.05, 4.69) is 22.2 Å². The molecule has 40 heavy (non-hydrogen) atoms. The maximum Gasteiger partial charge on any atom is 0.279 e. The van der Waals surface area contributed by atoms with Crippen LogP contribution in [-0.4, -0.2) is 50.8 Å². The fourth-order valence-electron chi connectivity index (χ4n) is 5.05. The first-order valence-electron chi connectivity index (χ1n) is 13.1. The number of aryl methyl sites for hydroxylation is 1. The number of methoxy groups -OCH3 is 1.